The SMILES string of the molecule is O=C(CSc1ccccc1Cl)N1CC(O)(C2CC2)C1. The molecule has 0 atom stereocenters. The van der Waals surface area contributed by atoms with Crippen molar-refractivity contribution in [1.29, 1.82) is 0 Å². The molecule has 2 aliphatic rings. The average molecular weight is 298 g/mol. The monoisotopic (exact) mass is 297 g/mol. The first-order valence-corrected chi connectivity index (χ1v) is 7.82. The summed E-state index contributed by atoms with van der Waals surface area (Å²) in [5.74, 6) is 0.882. The predicted octanol–water partition coefficient (Wildman–Crippen LogP) is 2.42. The number of carbonyl (C=O) groups is 1. The van der Waals surface area contributed by atoms with Gasteiger partial charge in [0.25, 0.3) is 0 Å². The first-order chi connectivity index (χ1) is 9.08. The molecule has 19 heavy (non-hydrogen) atoms. The van der Waals surface area contributed by atoms with Gasteiger partial charge in [0.05, 0.1) is 23.9 Å². The molecule has 1 saturated carbocycles. The largest absolute Gasteiger partial charge is 0.386 e. The van der Waals surface area contributed by atoms with E-state index in [1.165, 1.54) is 11.8 Å². The lowest BCUT2D eigenvalue weighted by atomic mass is 9.89. The van der Waals surface area contributed by atoms with E-state index in [1.54, 1.807) is 4.90 Å². The number of amides is 1. The normalized spacial score (nSPS) is 21.1. The summed E-state index contributed by atoms with van der Waals surface area (Å²) < 4.78 is 0. The molecule has 1 aromatic rings. The maximum Gasteiger partial charge on any atom is 0.233 e. The van der Waals surface area contributed by atoms with Crippen molar-refractivity contribution in [3.63, 3.8) is 0 Å². The summed E-state index contributed by atoms with van der Waals surface area (Å²) in [6.07, 6.45) is 2.21. The van der Waals surface area contributed by atoms with E-state index in [0.717, 1.165) is 17.7 Å². The van der Waals surface area contributed by atoms with Crippen molar-refractivity contribution in [2.45, 2.75) is 23.3 Å². The number of aliphatic hydroxyl groups is 1. The van der Waals surface area contributed by atoms with E-state index in [2.05, 4.69) is 0 Å². The van der Waals surface area contributed by atoms with Crippen LogP contribution in [-0.2, 0) is 4.79 Å². The molecule has 5 heteroatoms. The van der Waals surface area contributed by atoms with Crippen LogP contribution < -0.4 is 0 Å². The molecule has 1 saturated heterocycles. The van der Waals surface area contributed by atoms with E-state index in [0.29, 0.717) is 29.8 Å². The summed E-state index contributed by atoms with van der Waals surface area (Å²) in [4.78, 5) is 14.7. The first kappa shape index (κ1) is 13.3. The Morgan fingerprint density at radius 3 is 2.74 bits per heavy atom. The third kappa shape index (κ3) is 2.76. The van der Waals surface area contributed by atoms with Crippen LogP contribution in [0, 0.1) is 5.92 Å². The number of likely N-dealkylation sites (tertiary alicyclic amines) is 1. The zero-order valence-electron chi connectivity index (χ0n) is 10.5. The molecular weight excluding hydrogens is 282 g/mol. The van der Waals surface area contributed by atoms with Gasteiger partial charge < -0.3 is 10.0 Å². The lowest BCUT2D eigenvalue weighted by molar-refractivity contribution is -0.156. The highest BCUT2D eigenvalue weighted by molar-refractivity contribution is 8.00. The average Bonchev–Trinajstić information content (AvgIpc) is 3.18. The number of nitrogens with zero attached hydrogens (tertiary/aromatic N) is 1. The minimum atomic E-state index is -0.593. The lowest BCUT2D eigenvalue weighted by Crippen LogP contribution is -2.65. The second kappa shape index (κ2) is 5.00. The van der Waals surface area contributed by atoms with Crippen LogP contribution in [0.2, 0.25) is 5.02 Å². The van der Waals surface area contributed by atoms with Crippen molar-refractivity contribution in [3.05, 3.63) is 29.3 Å². The highest BCUT2D eigenvalue weighted by Gasteiger charge is 2.53. The van der Waals surface area contributed by atoms with E-state index in [4.69, 9.17) is 11.6 Å². The van der Waals surface area contributed by atoms with Crippen molar-refractivity contribution in [2.75, 3.05) is 18.8 Å². The summed E-state index contributed by atoms with van der Waals surface area (Å²) in [5.41, 5.74) is -0.593. The Morgan fingerprint density at radius 2 is 2.11 bits per heavy atom. The topological polar surface area (TPSA) is 40.5 Å². The Morgan fingerprint density at radius 1 is 1.42 bits per heavy atom. The van der Waals surface area contributed by atoms with Gasteiger partial charge in [0.2, 0.25) is 5.91 Å². The van der Waals surface area contributed by atoms with Crippen LogP contribution >= 0.6 is 23.4 Å². The fourth-order valence-electron chi connectivity index (χ4n) is 2.46. The van der Waals surface area contributed by atoms with E-state index < -0.39 is 5.60 Å². The minimum absolute atomic E-state index is 0.0789. The van der Waals surface area contributed by atoms with Crippen LogP contribution in [0.3, 0.4) is 0 Å². The van der Waals surface area contributed by atoms with Gasteiger partial charge in [0.1, 0.15) is 5.60 Å². The second-order valence-corrected chi connectivity index (χ2v) is 6.77. The van der Waals surface area contributed by atoms with Gasteiger partial charge in [-0.25, -0.2) is 0 Å². The Hall–Kier alpha value is -0.710. The first-order valence-electron chi connectivity index (χ1n) is 6.46. The molecule has 0 unspecified atom stereocenters. The quantitative estimate of drug-likeness (QED) is 0.868. The van der Waals surface area contributed by atoms with Gasteiger partial charge >= 0.3 is 0 Å². The maximum absolute atomic E-state index is 12.0. The number of β-amino-alcohol motifs (C(OH)–C–C–N with tert-alkyl or cyclic N) is 1. The van der Waals surface area contributed by atoms with Gasteiger partial charge in [-0.2, -0.15) is 0 Å². The van der Waals surface area contributed by atoms with E-state index in [-0.39, 0.29) is 5.91 Å². The molecule has 1 N–H and O–H groups in total. The molecule has 1 aliphatic heterocycles. The Bertz CT molecular complexity index is 498. The summed E-state index contributed by atoms with van der Waals surface area (Å²) in [6.45, 7) is 0.999. The number of rotatable bonds is 4. The molecule has 1 amide bonds. The highest BCUT2D eigenvalue weighted by atomic mass is 35.5. The van der Waals surface area contributed by atoms with E-state index >= 15 is 0 Å². The van der Waals surface area contributed by atoms with E-state index in [1.807, 2.05) is 24.3 Å². The summed E-state index contributed by atoms with van der Waals surface area (Å²) >= 11 is 7.50. The molecule has 3 nitrogen and oxygen atoms in total. The molecule has 1 heterocycles. The van der Waals surface area contributed by atoms with Gasteiger partial charge in [0.15, 0.2) is 0 Å². The molecule has 0 radical (unpaired) electrons. The van der Waals surface area contributed by atoms with Gasteiger partial charge in [-0.3, -0.25) is 4.79 Å². The molecule has 1 aliphatic carbocycles. The summed E-state index contributed by atoms with van der Waals surface area (Å²) in [6, 6.07) is 7.52. The Balaban J connectivity index is 1.49. The molecule has 0 spiro atoms. The van der Waals surface area contributed by atoms with Crippen molar-refractivity contribution in [2.24, 2.45) is 5.92 Å². The number of hydrogen-bond donors (Lipinski definition) is 1. The Labute approximate surface area is 121 Å². The number of benzene rings is 1. The van der Waals surface area contributed by atoms with Gasteiger partial charge in [0, 0.05) is 4.90 Å². The van der Waals surface area contributed by atoms with Crippen molar-refractivity contribution >= 4 is 29.3 Å². The van der Waals surface area contributed by atoms with Gasteiger partial charge in [-0.05, 0) is 30.9 Å². The van der Waals surface area contributed by atoms with Crippen LogP contribution in [0.5, 0.6) is 0 Å². The molecule has 0 bridgehead atoms. The zero-order valence-corrected chi connectivity index (χ0v) is 12.1. The highest BCUT2D eigenvalue weighted by Crippen LogP contribution is 2.44. The number of hydrogen-bond acceptors (Lipinski definition) is 3. The lowest BCUT2D eigenvalue weighted by Gasteiger charge is -2.47. The molecule has 3 rings (SSSR count). The number of halogens is 1. The summed E-state index contributed by atoms with van der Waals surface area (Å²) in [5, 5.41) is 10.9. The minimum Gasteiger partial charge on any atom is -0.386 e. The van der Waals surface area contributed by atoms with Crippen LogP contribution in [-0.4, -0.2) is 40.4 Å². The smallest absolute Gasteiger partial charge is 0.233 e. The zero-order chi connectivity index (χ0) is 13.5. The fraction of sp³-hybridized carbons (Fsp3) is 0.500. The second-order valence-electron chi connectivity index (χ2n) is 5.35. The third-order valence-corrected chi connectivity index (χ3v) is 5.31. The molecule has 0 aromatic heterocycles. The number of thioether (sulfide) groups is 1. The van der Waals surface area contributed by atoms with Crippen molar-refractivity contribution in [3.8, 4) is 0 Å². The van der Waals surface area contributed by atoms with Gasteiger partial charge in [-0.15, -0.1) is 11.8 Å². The Kier molecular flexibility index (Phi) is 3.50. The van der Waals surface area contributed by atoms with Crippen LogP contribution in [0.4, 0.5) is 0 Å². The fourth-order valence-corrected chi connectivity index (χ4v) is 3.60. The van der Waals surface area contributed by atoms with Crippen LogP contribution in [0.25, 0.3) is 0 Å². The van der Waals surface area contributed by atoms with E-state index in [9.17, 15) is 9.90 Å². The third-order valence-electron chi connectivity index (χ3n) is 3.81. The summed E-state index contributed by atoms with van der Waals surface area (Å²) in [7, 11) is 0. The van der Waals surface area contributed by atoms with Crippen molar-refractivity contribution in [1.82, 2.24) is 4.90 Å². The van der Waals surface area contributed by atoms with Crippen molar-refractivity contribution < 1.29 is 9.90 Å². The maximum atomic E-state index is 12.0. The molecule has 2 fully saturated rings. The van der Waals surface area contributed by atoms with Crippen LogP contribution in [0.1, 0.15) is 12.8 Å². The molecule has 102 valence electrons. The molecular formula is C14H16ClNO2S. The predicted molar refractivity (Wildman–Crippen MR) is 76.4 cm³/mol. The number of carbonyl (C=O) groups excluding carboxylic acids is 1. The van der Waals surface area contributed by atoms with Crippen LogP contribution in [0.15, 0.2) is 29.2 Å². The molecule has 1 aromatic carbocycles. The van der Waals surface area contributed by atoms with Gasteiger partial charge in [-0.1, -0.05) is 23.7 Å². The standard InChI is InChI=1S/C14H16ClNO2S/c15-11-3-1-2-4-12(11)19-7-13(17)16-8-14(18,9-16)10-5-6-10/h1-4,10,18H,5-9H2.